The maximum Gasteiger partial charge on any atom is 0.287 e. The SMILES string of the molecule is CCCC(NC(=O)c1oc2c(c1C)C(=O)CC(C)(C)C2)C(=O)Nc1cccc(N2CCCC2)c1. The summed E-state index contributed by atoms with van der Waals surface area (Å²) < 4.78 is 5.88. The van der Waals surface area contributed by atoms with Crippen LogP contribution in [0.3, 0.4) is 0 Å². The Morgan fingerprint density at radius 1 is 1.18 bits per heavy atom. The third-order valence-corrected chi connectivity index (χ3v) is 6.77. The molecule has 1 atom stereocenters. The quantitative estimate of drug-likeness (QED) is 0.608. The van der Waals surface area contributed by atoms with Crippen LogP contribution in [0.1, 0.15) is 85.1 Å². The molecule has 7 nitrogen and oxygen atoms in total. The molecule has 2 aliphatic rings. The number of nitrogens with one attached hydrogen (secondary N) is 2. The highest BCUT2D eigenvalue weighted by atomic mass is 16.4. The van der Waals surface area contributed by atoms with Crippen molar-refractivity contribution in [1.82, 2.24) is 5.32 Å². The van der Waals surface area contributed by atoms with Crippen LogP contribution in [0.4, 0.5) is 11.4 Å². The number of hydrogen-bond donors (Lipinski definition) is 2. The average molecular weight is 466 g/mol. The van der Waals surface area contributed by atoms with E-state index in [4.69, 9.17) is 4.42 Å². The summed E-state index contributed by atoms with van der Waals surface area (Å²) in [6.07, 6.45) is 4.62. The molecular formula is C27H35N3O4. The molecular weight excluding hydrogens is 430 g/mol. The summed E-state index contributed by atoms with van der Waals surface area (Å²) in [5.74, 6) is -0.0238. The van der Waals surface area contributed by atoms with Crippen molar-refractivity contribution in [2.24, 2.45) is 5.41 Å². The number of hydrogen-bond acceptors (Lipinski definition) is 5. The maximum absolute atomic E-state index is 13.1. The standard InChI is InChI=1S/C27H35N3O4/c1-5-9-20(25(32)28-18-10-8-11-19(14-18)30-12-6-7-13-30)29-26(33)24-17(2)23-21(31)15-27(3,4)16-22(23)34-24/h8,10-11,14,20H,5-7,9,12-13,15-16H2,1-4H3,(H,28,32)(H,29,33). The van der Waals surface area contributed by atoms with E-state index < -0.39 is 11.9 Å². The zero-order valence-corrected chi connectivity index (χ0v) is 20.6. The fourth-order valence-electron chi connectivity index (χ4n) is 5.07. The molecule has 0 spiro atoms. The Hall–Kier alpha value is -3.09. The molecule has 1 aromatic heterocycles. The minimum absolute atomic E-state index is 0.00675. The van der Waals surface area contributed by atoms with Crippen LogP contribution in [0.15, 0.2) is 28.7 Å². The number of ketones is 1. The molecule has 1 saturated heterocycles. The summed E-state index contributed by atoms with van der Waals surface area (Å²) in [5.41, 5.74) is 2.69. The van der Waals surface area contributed by atoms with E-state index in [0.717, 1.165) is 25.2 Å². The highest BCUT2D eigenvalue weighted by Gasteiger charge is 2.37. The van der Waals surface area contributed by atoms with Crippen LogP contribution < -0.4 is 15.5 Å². The Bertz CT molecular complexity index is 1100. The molecule has 2 heterocycles. The van der Waals surface area contributed by atoms with Gasteiger partial charge in [-0.05, 0) is 49.8 Å². The van der Waals surface area contributed by atoms with Gasteiger partial charge in [0.05, 0.1) is 5.56 Å². The van der Waals surface area contributed by atoms with E-state index in [1.165, 1.54) is 12.8 Å². The molecule has 34 heavy (non-hydrogen) atoms. The molecule has 2 N–H and O–H groups in total. The average Bonchev–Trinajstić information content (AvgIpc) is 3.41. The van der Waals surface area contributed by atoms with Crippen LogP contribution in [-0.4, -0.2) is 36.7 Å². The molecule has 1 fully saturated rings. The lowest BCUT2D eigenvalue weighted by Gasteiger charge is -2.27. The van der Waals surface area contributed by atoms with Crippen LogP contribution in [0.2, 0.25) is 0 Å². The second-order valence-corrected chi connectivity index (χ2v) is 10.3. The molecule has 0 bridgehead atoms. The normalized spacial score (nSPS) is 17.9. The molecule has 0 saturated carbocycles. The van der Waals surface area contributed by atoms with Crippen molar-refractivity contribution >= 4 is 29.0 Å². The lowest BCUT2D eigenvalue weighted by molar-refractivity contribution is -0.118. The molecule has 0 radical (unpaired) electrons. The molecule has 1 unspecified atom stereocenters. The minimum atomic E-state index is -0.707. The number of anilines is 2. The zero-order chi connectivity index (χ0) is 24.5. The third-order valence-electron chi connectivity index (χ3n) is 6.77. The molecule has 1 aromatic carbocycles. The van der Waals surface area contributed by atoms with Gasteiger partial charge < -0.3 is 20.0 Å². The number of carbonyl (C=O) groups is 3. The van der Waals surface area contributed by atoms with Gasteiger partial charge in [-0.1, -0.05) is 33.3 Å². The second-order valence-electron chi connectivity index (χ2n) is 10.3. The number of nitrogens with zero attached hydrogens (tertiary/aromatic N) is 1. The summed E-state index contributed by atoms with van der Waals surface area (Å²) in [6.45, 7) is 9.80. The highest BCUT2D eigenvalue weighted by molar-refractivity contribution is 6.05. The Morgan fingerprint density at radius 3 is 2.62 bits per heavy atom. The van der Waals surface area contributed by atoms with Crippen LogP contribution in [0.25, 0.3) is 0 Å². The van der Waals surface area contributed by atoms with Gasteiger partial charge in [-0.15, -0.1) is 0 Å². The number of furan rings is 1. The predicted octanol–water partition coefficient (Wildman–Crippen LogP) is 4.88. The molecule has 4 rings (SSSR count). The van der Waals surface area contributed by atoms with E-state index in [0.29, 0.717) is 41.8 Å². The number of Topliss-reactive ketones (excluding diaryl/α,β-unsaturated/α-hetero) is 1. The maximum atomic E-state index is 13.1. The van der Waals surface area contributed by atoms with Gasteiger partial charge in [-0.2, -0.15) is 0 Å². The predicted molar refractivity (Wildman–Crippen MR) is 133 cm³/mol. The summed E-state index contributed by atoms with van der Waals surface area (Å²) >= 11 is 0. The van der Waals surface area contributed by atoms with E-state index in [1.54, 1.807) is 6.92 Å². The second kappa shape index (κ2) is 9.65. The number of benzene rings is 1. The largest absolute Gasteiger partial charge is 0.455 e. The lowest BCUT2D eigenvalue weighted by atomic mass is 9.76. The number of rotatable bonds is 7. The van der Waals surface area contributed by atoms with Crippen LogP contribution in [-0.2, 0) is 11.2 Å². The van der Waals surface area contributed by atoms with Crippen molar-refractivity contribution in [1.29, 1.82) is 0 Å². The van der Waals surface area contributed by atoms with Crippen LogP contribution >= 0.6 is 0 Å². The number of fused-ring (bicyclic) bond motifs is 1. The number of carbonyl (C=O) groups excluding carboxylic acids is 3. The molecule has 1 aliphatic carbocycles. The Balaban J connectivity index is 1.48. The van der Waals surface area contributed by atoms with E-state index in [2.05, 4.69) is 21.6 Å². The zero-order valence-electron chi connectivity index (χ0n) is 20.6. The first-order chi connectivity index (χ1) is 16.2. The van der Waals surface area contributed by atoms with Crippen molar-refractivity contribution in [3.63, 3.8) is 0 Å². The summed E-state index contributed by atoms with van der Waals surface area (Å²) in [5, 5.41) is 5.81. The summed E-state index contributed by atoms with van der Waals surface area (Å²) in [7, 11) is 0. The lowest BCUT2D eigenvalue weighted by Crippen LogP contribution is -2.43. The fraction of sp³-hybridized carbons (Fsp3) is 0.519. The Labute approximate surface area is 201 Å². The topological polar surface area (TPSA) is 91.6 Å². The monoisotopic (exact) mass is 465 g/mol. The Kier molecular flexibility index (Phi) is 6.82. The van der Waals surface area contributed by atoms with Crippen molar-refractivity contribution < 1.29 is 18.8 Å². The van der Waals surface area contributed by atoms with E-state index in [-0.39, 0.29) is 22.9 Å². The van der Waals surface area contributed by atoms with Crippen molar-refractivity contribution in [3.05, 3.63) is 46.9 Å². The van der Waals surface area contributed by atoms with Crippen molar-refractivity contribution in [2.75, 3.05) is 23.3 Å². The Morgan fingerprint density at radius 2 is 1.91 bits per heavy atom. The first-order valence-corrected chi connectivity index (χ1v) is 12.3. The smallest absolute Gasteiger partial charge is 0.287 e. The molecule has 2 amide bonds. The third kappa shape index (κ3) is 5.03. The van der Waals surface area contributed by atoms with Gasteiger partial charge >= 0.3 is 0 Å². The molecule has 1 aliphatic heterocycles. The highest BCUT2D eigenvalue weighted by Crippen LogP contribution is 2.38. The van der Waals surface area contributed by atoms with Crippen molar-refractivity contribution in [3.8, 4) is 0 Å². The van der Waals surface area contributed by atoms with Crippen LogP contribution in [0.5, 0.6) is 0 Å². The van der Waals surface area contributed by atoms with Gasteiger partial charge in [-0.3, -0.25) is 14.4 Å². The number of amides is 2. The summed E-state index contributed by atoms with van der Waals surface area (Å²) in [6, 6.07) is 7.12. The van der Waals surface area contributed by atoms with E-state index in [1.807, 2.05) is 39.0 Å². The van der Waals surface area contributed by atoms with E-state index >= 15 is 0 Å². The molecule has 182 valence electrons. The summed E-state index contributed by atoms with van der Waals surface area (Å²) in [4.78, 5) is 41.2. The van der Waals surface area contributed by atoms with Gasteiger partial charge in [0, 0.05) is 42.9 Å². The van der Waals surface area contributed by atoms with Gasteiger partial charge in [0.15, 0.2) is 11.5 Å². The van der Waals surface area contributed by atoms with Crippen molar-refractivity contribution in [2.45, 2.75) is 72.3 Å². The first-order valence-electron chi connectivity index (χ1n) is 12.3. The van der Waals surface area contributed by atoms with Gasteiger partial charge in [0.2, 0.25) is 5.91 Å². The van der Waals surface area contributed by atoms with Gasteiger partial charge in [0.25, 0.3) is 5.91 Å². The van der Waals surface area contributed by atoms with E-state index in [9.17, 15) is 14.4 Å². The first kappa shape index (κ1) is 24.0. The van der Waals surface area contributed by atoms with Crippen LogP contribution in [0, 0.1) is 12.3 Å². The molecule has 7 heteroatoms. The minimum Gasteiger partial charge on any atom is -0.455 e. The molecule has 2 aromatic rings. The van der Waals surface area contributed by atoms with Gasteiger partial charge in [0.1, 0.15) is 11.8 Å². The van der Waals surface area contributed by atoms with Gasteiger partial charge in [-0.25, -0.2) is 0 Å². The fourth-order valence-corrected chi connectivity index (χ4v) is 5.07.